The van der Waals surface area contributed by atoms with Gasteiger partial charge in [-0.25, -0.2) is 4.98 Å². The highest BCUT2D eigenvalue weighted by molar-refractivity contribution is 6.29. The van der Waals surface area contributed by atoms with Crippen LogP contribution in [0.3, 0.4) is 0 Å². The van der Waals surface area contributed by atoms with E-state index in [-0.39, 0.29) is 5.92 Å². The molecule has 1 N–H and O–H groups in total. The Hall–Kier alpha value is -1.29. The van der Waals surface area contributed by atoms with E-state index in [2.05, 4.69) is 4.98 Å². The summed E-state index contributed by atoms with van der Waals surface area (Å²) < 4.78 is 0. The topological polar surface area (TPSA) is 53.4 Å². The number of carbonyl (C=O) groups is 1. The maximum absolute atomic E-state index is 10.9. The molecule has 0 spiro atoms. The van der Waals surface area contributed by atoms with Crippen molar-refractivity contribution in [2.24, 2.45) is 5.92 Å². The van der Waals surface area contributed by atoms with Gasteiger partial charge in [-0.3, -0.25) is 4.79 Å². The average molecular weight is 241 g/mol. The third kappa shape index (κ3) is 2.44. The number of anilines is 1. The second kappa shape index (κ2) is 4.70. The van der Waals surface area contributed by atoms with Gasteiger partial charge in [-0.1, -0.05) is 17.7 Å². The molecule has 5 heteroatoms. The Bertz CT molecular complexity index is 397. The molecular weight excluding hydrogens is 228 g/mol. The molecule has 0 bridgehead atoms. The molecule has 86 valence electrons. The molecule has 1 aliphatic rings. The zero-order valence-electron chi connectivity index (χ0n) is 8.77. The van der Waals surface area contributed by atoms with Gasteiger partial charge >= 0.3 is 5.97 Å². The molecule has 0 amide bonds. The number of halogens is 1. The molecule has 1 saturated heterocycles. The van der Waals surface area contributed by atoms with E-state index in [1.165, 1.54) is 0 Å². The normalized spacial score (nSPS) is 20.8. The van der Waals surface area contributed by atoms with Crippen molar-refractivity contribution in [2.75, 3.05) is 18.0 Å². The first kappa shape index (κ1) is 11.2. The molecule has 1 aromatic heterocycles. The predicted octanol–water partition coefficient (Wildman–Crippen LogP) is 2.04. The Morgan fingerprint density at radius 1 is 1.56 bits per heavy atom. The number of rotatable bonds is 2. The van der Waals surface area contributed by atoms with Crippen LogP contribution in [-0.2, 0) is 4.79 Å². The van der Waals surface area contributed by atoms with Crippen LogP contribution in [0, 0.1) is 5.92 Å². The maximum Gasteiger partial charge on any atom is 0.308 e. The lowest BCUT2D eigenvalue weighted by Gasteiger charge is -2.31. The number of hydrogen-bond donors (Lipinski definition) is 1. The van der Waals surface area contributed by atoms with E-state index in [0.717, 1.165) is 25.2 Å². The first-order chi connectivity index (χ1) is 7.66. The van der Waals surface area contributed by atoms with Crippen LogP contribution in [-0.4, -0.2) is 29.1 Å². The van der Waals surface area contributed by atoms with Crippen molar-refractivity contribution >= 4 is 23.4 Å². The largest absolute Gasteiger partial charge is 0.481 e. The summed E-state index contributed by atoms with van der Waals surface area (Å²) in [6.45, 7) is 1.36. The molecule has 4 nitrogen and oxygen atoms in total. The number of aliphatic carboxylic acids is 1. The minimum absolute atomic E-state index is 0.297. The monoisotopic (exact) mass is 240 g/mol. The van der Waals surface area contributed by atoms with E-state index in [1.54, 1.807) is 6.07 Å². The zero-order valence-corrected chi connectivity index (χ0v) is 9.52. The van der Waals surface area contributed by atoms with Crippen LogP contribution in [0.15, 0.2) is 18.2 Å². The summed E-state index contributed by atoms with van der Waals surface area (Å²) in [6, 6.07) is 5.40. The molecule has 0 aliphatic carbocycles. The first-order valence-electron chi connectivity index (χ1n) is 5.27. The van der Waals surface area contributed by atoms with Crippen LogP contribution in [0.4, 0.5) is 5.82 Å². The Morgan fingerprint density at radius 3 is 3.06 bits per heavy atom. The highest BCUT2D eigenvalue weighted by Gasteiger charge is 2.25. The summed E-state index contributed by atoms with van der Waals surface area (Å²) in [5.74, 6) is -0.264. The van der Waals surface area contributed by atoms with Crippen molar-refractivity contribution in [3.63, 3.8) is 0 Å². The molecule has 0 aromatic carbocycles. The second-order valence-electron chi connectivity index (χ2n) is 3.94. The van der Waals surface area contributed by atoms with Crippen LogP contribution >= 0.6 is 11.6 Å². The number of carboxylic acids is 1. The molecule has 1 atom stereocenters. The van der Waals surface area contributed by atoms with E-state index >= 15 is 0 Å². The number of carboxylic acid groups (broad SMARTS) is 1. The third-order valence-corrected chi connectivity index (χ3v) is 3.01. The molecule has 1 unspecified atom stereocenters. The Labute approximate surface area is 98.9 Å². The number of aromatic nitrogens is 1. The summed E-state index contributed by atoms with van der Waals surface area (Å²) in [7, 11) is 0. The minimum Gasteiger partial charge on any atom is -0.481 e. The quantitative estimate of drug-likeness (QED) is 0.804. The van der Waals surface area contributed by atoms with Gasteiger partial charge in [0.05, 0.1) is 5.92 Å². The van der Waals surface area contributed by atoms with Gasteiger partial charge in [0.25, 0.3) is 0 Å². The molecule has 1 aromatic rings. The number of nitrogens with zero attached hydrogens (tertiary/aromatic N) is 2. The van der Waals surface area contributed by atoms with Gasteiger partial charge in [0, 0.05) is 13.1 Å². The lowest BCUT2D eigenvalue weighted by Crippen LogP contribution is -2.39. The lowest BCUT2D eigenvalue weighted by atomic mass is 9.98. The van der Waals surface area contributed by atoms with Gasteiger partial charge in [-0.15, -0.1) is 0 Å². The van der Waals surface area contributed by atoms with E-state index < -0.39 is 5.97 Å². The summed E-state index contributed by atoms with van der Waals surface area (Å²) in [5.41, 5.74) is 0. The summed E-state index contributed by atoms with van der Waals surface area (Å²) in [5, 5.41) is 9.42. The molecule has 2 heterocycles. The molecule has 1 aliphatic heterocycles. The molecular formula is C11H13ClN2O2. The first-order valence-corrected chi connectivity index (χ1v) is 5.65. The lowest BCUT2D eigenvalue weighted by molar-refractivity contribution is -0.141. The van der Waals surface area contributed by atoms with E-state index in [1.807, 2.05) is 17.0 Å². The minimum atomic E-state index is -0.730. The highest BCUT2D eigenvalue weighted by Crippen LogP contribution is 2.22. The molecule has 0 saturated carbocycles. The van der Waals surface area contributed by atoms with E-state index in [4.69, 9.17) is 16.7 Å². The highest BCUT2D eigenvalue weighted by atomic mass is 35.5. The SMILES string of the molecule is O=C(O)C1CCCN(c2cccc(Cl)n2)C1. The Morgan fingerprint density at radius 2 is 2.38 bits per heavy atom. The van der Waals surface area contributed by atoms with Gasteiger partial charge < -0.3 is 10.0 Å². The van der Waals surface area contributed by atoms with Gasteiger partial charge in [0.2, 0.25) is 0 Å². The van der Waals surface area contributed by atoms with Gasteiger partial charge in [-0.2, -0.15) is 0 Å². The summed E-state index contributed by atoms with van der Waals surface area (Å²) in [4.78, 5) is 17.1. The van der Waals surface area contributed by atoms with Crippen molar-refractivity contribution in [3.8, 4) is 0 Å². The molecule has 2 rings (SSSR count). The average Bonchev–Trinajstić information content (AvgIpc) is 2.29. The number of pyridine rings is 1. The van der Waals surface area contributed by atoms with Crippen molar-refractivity contribution < 1.29 is 9.90 Å². The Balaban J connectivity index is 2.12. The zero-order chi connectivity index (χ0) is 11.5. The van der Waals surface area contributed by atoms with Crippen LogP contribution < -0.4 is 4.90 Å². The van der Waals surface area contributed by atoms with Crippen LogP contribution in [0.2, 0.25) is 5.15 Å². The summed E-state index contributed by atoms with van der Waals surface area (Å²) in [6.07, 6.45) is 1.62. The fraction of sp³-hybridized carbons (Fsp3) is 0.455. The standard InChI is InChI=1S/C11H13ClN2O2/c12-9-4-1-5-10(13-9)14-6-2-3-8(7-14)11(15)16/h1,4-5,8H,2-3,6-7H2,(H,15,16). The van der Waals surface area contributed by atoms with E-state index in [0.29, 0.717) is 11.7 Å². The fourth-order valence-corrected chi connectivity index (χ4v) is 2.12. The smallest absolute Gasteiger partial charge is 0.308 e. The third-order valence-electron chi connectivity index (χ3n) is 2.80. The van der Waals surface area contributed by atoms with E-state index in [9.17, 15) is 4.79 Å². The number of piperidine rings is 1. The van der Waals surface area contributed by atoms with Crippen LogP contribution in [0.25, 0.3) is 0 Å². The Kier molecular flexibility index (Phi) is 3.29. The van der Waals surface area contributed by atoms with Gasteiger partial charge in [0.15, 0.2) is 0 Å². The van der Waals surface area contributed by atoms with Crippen molar-refractivity contribution in [1.82, 2.24) is 4.98 Å². The summed E-state index contributed by atoms with van der Waals surface area (Å²) >= 11 is 5.81. The van der Waals surface area contributed by atoms with Crippen molar-refractivity contribution in [1.29, 1.82) is 0 Å². The molecule has 16 heavy (non-hydrogen) atoms. The van der Waals surface area contributed by atoms with Crippen molar-refractivity contribution in [2.45, 2.75) is 12.8 Å². The maximum atomic E-state index is 10.9. The molecule has 0 radical (unpaired) electrons. The van der Waals surface area contributed by atoms with Crippen molar-refractivity contribution in [3.05, 3.63) is 23.4 Å². The van der Waals surface area contributed by atoms with Gasteiger partial charge in [0.1, 0.15) is 11.0 Å². The number of hydrogen-bond acceptors (Lipinski definition) is 3. The van der Waals surface area contributed by atoms with Crippen LogP contribution in [0.1, 0.15) is 12.8 Å². The van der Waals surface area contributed by atoms with Gasteiger partial charge in [-0.05, 0) is 25.0 Å². The fourth-order valence-electron chi connectivity index (χ4n) is 1.96. The predicted molar refractivity (Wildman–Crippen MR) is 61.8 cm³/mol. The second-order valence-corrected chi connectivity index (χ2v) is 4.33. The molecule has 1 fully saturated rings. The van der Waals surface area contributed by atoms with Crippen LogP contribution in [0.5, 0.6) is 0 Å².